The summed E-state index contributed by atoms with van der Waals surface area (Å²) in [5.41, 5.74) is 1.44. The summed E-state index contributed by atoms with van der Waals surface area (Å²) in [6, 6.07) is 11.5. The van der Waals surface area contributed by atoms with E-state index in [1.54, 1.807) is 0 Å². The monoisotopic (exact) mass is 185 g/mol. The molecule has 3 rings (SSSR count). The van der Waals surface area contributed by atoms with E-state index in [2.05, 4.69) is 47.4 Å². The minimum absolute atomic E-state index is 0.746. The average Bonchev–Trinajstić information content (AvgIpc) is 2.42. The smallest absolute Gasteiger partial charge is 0.0345 e. The van der Waals surface area contributed by atoms with Crippen LogP contribution in [0.4, 0.5) is 0 Å². The molecule has 0 aromatic heterocycles. The minimum Gasteiger partial charge on any atom is -0.292 e. The maximum absolute atomic E-state index is 2.58. The summed E-state index contributed by atoms with van der Waals surface area (Å²) in [5, 5.41) is 0. The van der Waals surface area contributed by atoms with E-state index in [0.717, 1.165) is 18.5 Å². The lowest BCUT2D eigenvalue weighted by Crippen LogP contribution is -2.34. The summed E-state index contributed by atoms with van der Waals surface area (Å²) in [6.07, 6.45) is 6.06. The first kappa shape index (κ1) is 8.25. The number of nitrogens with zero attached hydrogens (tertiary/aromatic N) is 1. The summed E-state index contributed by atoms with van der Waals surface area (Å²) in [7, 11) is 0. The molecule has 0 spiro atoms. The van der Waals surface area contributed by atoms with Gasteiger partial charge in [0.05, 0.1) is 0 Å². The first-order valence-corrected chi connectivity index (χ1v) is 5.40. The van der Waals surface area contributed by atoms with Crippen molar-refractivity contribution in [1.29, 1.82) is 0 Å². The van der Waals surface area contributed by atoms with Crippen LogP contribution in [0.25, 0.3) is 0 Å². The topological polar surface area (TPSA) is 3.24 Å². The highest BCUT2D eigenvalue weighted by Gasteiger charge is 2.35. The van der Waals surface area contributed by atoms with Crippen LogP contribution in [0.1, 0.15) is 12.0 Å². The van der Waals surface area contributed by atoms with Gasteiger partial charge in [-0.1, -0.05) is 42.5 Å². The number of hydrogen-bond donors (Lipinski definition) is 0. The molecule has 14 heavy (non-hydrogen) atoms. The van der Waals surface area contributed by atoms with Crippen molar-refractivity contribution in [1.82, 2.24) is 4.90 Å². The second kappa shape index (κ2) is 3.25. The normalized spacial score (nSPS) is 30.0. The third-order valence-corrected chi connectivity index (χ3v) is 3.39. The molecule has 0 amide bonds. The Morgan fingerprint density at radius 2 is 2.00 bits per heavy atom. The van der Waals surface area contributed by atoms with Crippen LogP contribution >= 0.6 is 0 Å². The Labute approximate surface area is 85.0 Å². The van der Waals surface area contributed by atoms with Gasteiger partial charge in [-0.05, 0) is 24.4 Å². The first-order chi connectivity index (χ1) is 6.93. The molecule has 0 saturated carbocycles. The number of rotatable bonds is 2. The molecule has 1 aliphatic carbocycles. The van der Waals surface area contributed by atoms with Gasteiger partial charge in [0, 0.05) is 12.6 Å². The van der Waals surface area contributed by atoms with Crippen molar-refractivity contribution in [3.8, 4) is 0 Å². The van der Waals surface area contributed by atoms with Crippen molar-refractivity contribution in [3.63, 3.8) is 0 Å². The van der Waals surface area contributed by atoms with Crippen LogP contribution in [-0.4, -0.2) is 17.5 Å². The van der Waals surface area contributed by atoms with Crippen LogP contribution in [0.5, 0.6) is 0 Å². The van der Waals surface area contributed by atoms with E-state index in [0.29, 0.717) is 0 Å². The Morgan fingerprint density at radius 3 is 2.64 bits per heavy atom. The Balaban J connectivity index is 1.71. The van der Waals surface area contributed by atoms with Crippen molar-refractivity contribution in [2.24, 2.45) is 5.92 Å². The maximum atomic E-state index is 2.58. The molecule has 0 bridgehead atoms. The van der Waals surface area contributed by atoms with Gasteiger partial charge in [-0.25, -0.2) is 0 Å². The molecule has 1 saturated heterocycles. The molecule has 0 radical (unpaired) electrons. The molecule has 1 aromatic carbocycles. The van der Waals surface area contributed by atoms with Crippen molar-refractivity contribution >= 4 is 0 Å². The molecule has 1 fully saturated rings. The molecule has 0 unspecified atom stereocenters. The van der Waals surface area contributed by atoms with Crippen molar-refractivity contribution in [2.45, 2.75) is 19.0 Å². The van der Waals surface area contributed by atoms with E-state index in [1.807, 2.05) is 0 Å². The van der Waals surface area contributed by atoms with Crippen LogP contribution in [0, 0.1) is 5.92 Å². The molecular formula is C13H15N. The average molecular weight is 185 g/mol. The Kier molecular flexibility index (Phi) is 1.91. The fourth-order valence-corrected chi connectivity index (χ4v) is 2.49. The Morgan fingerprint density at radius 1 is 1.14 bits per heavy atom. The van der Waals surface area contributed by atoms with E-state index < -0.39 is 0 Å². The van der Waals surface area contributed by atoms with Gasteiger partial charge in [-0.15, -0.1) is 0 Å². The molecule has 1 heterocycles. The molecule has 1 nitrogen and oxygen atoms in total. The molecule has 1 aromatic rings. The molecule has 72 valence electrons. The van der Waals surface area contributed by atoms with Gasteiger partial charge in [0.2, 0.25) is 0 Å². The van der Waals surface area contributed by atoms with E-state index in [9.17, 15) is 0 Å². The quantitative estimate of drug-likeness (QED) is 0.640. The van der Waals surface area contributed by atoms with Gasteiger partial charge >= 0.3 is 0 Å². The van der Waals surface area contributed by atoms with E-state index >= 15 is 0 Å². The number of fused-ring (bicyclic) bond motifs is 1. The van der Waals surface area contributed by atoms with Gasteiger partial charge in [0.15, 0.2) is 0 Å². The van der Waals surface area contributed by atoms with Crippen molar-refractivity contribution < 1.29 is 0 Å². The van der Waals surface area contributed by atoms with Gasteiger partial charge in [-0.2, -0.15) is 0 Å². The molecule has 2 aliphatic rings. The molecular weight excluding hydrogens is 170 g/mol. The van der Waals surface area contributed by atoms with Crippen molar-refractivity contribution in [3.05, 3.63) is 48.0 Å². The van der Waals surface area contributed by atoms with E-state index in [4.69, 9.17) is 0 Å². The Hall–Kier alpha value is -1.08. The summed E-state index contributed by atoms with van der Waals surface area (Å²) >= 11 is 0. The zero-order valence-corrected chi connectivity index (χ0v) is 8.26. The number of hydrogen-bond acceptors (Lipinski definition) is 1. The van der Waals surface area contributed by atoms with Crippen LogP contribution in [0.3, 0.4) is 0 Å². The highest BCUT2D eigenvalue weighted by Crippen LogP contribution is 2.34. The van der Waals surface area contributed by atoms with Gasteiger partial charge < -0.3 is 0 Å². The van der Waals surface area contributed by atoms with Gasteiger partial charge in [0.25, 0.3) is 0 Å². The number of benzene rings is 1. The largest absolute Gasteiger partial charge is 0.292 e. The fraction of sp³-hybridized carbons (Fsp3) is 0.385. The highest BCUT2D eigenvalue weighted by atomic mass is 15.2. The van der Waals surface area contributed by atoms with Gasteiger partial charge in [0.1, 0.15) is 0 Å². The lowest BCUT2D eigenvalue weighted by Gasteiger charge is -2.29. The van der Waals surface area contributed by atoms with Crippen LogP contribution in [0.15, 0.2) is 42.5 Å². The minimum atomic E-state index is 0.746. The fourth-order valence-electron chi connectivity index (χ4n) is 2.49. The Bertz CT molecular complexity index is 342. The van der Waals surface area contributed by atoms with E-state index in [-0.39, 0.29) is 0 Å². The second-order valence-corrected chi connectivity index (χ2v) is 4.28. The predicted octanol–water partition coefficient (Wildman–Crippen LogP) is 2.45. The number of likely N-dealkylation sites (tertiary alicyclic amines) is 1. The first-order valence-electron chi connectivity index (χ1n) is 5.40. The SMILES string of the molecule is C1=C[C@@H]2[C@H]1CCN2Cc1ccccc1. The highest BCUT2D eigenvalue weighted by molar-refractivity contribution is 5.20. The standard InChI is InChI=1S/C13H15N/c1-2-4-11(5-3-1)10-14-9-8-12-6-7-13(12)14/h1-7,12-13H,8-10H2/t12-,13-/m1/s1. The molecule has 2 atom stereocenters. The van der Waals surface area contributed by atoms with Gasteiger partial charge in [-0.3, -0.25) is 4.90 Å². The van der Waals surface area contributed by atoms with Crippen molar-refractivity contribution in [2.75, 3.05) is 6.54 Å². The lowest BCUT2D eigenvalue weighted by atomic mass is 9.90. The summed E-state index contributed by atoms with van der Waals surface area (Å²) in [4.78, 5) is 2.58. The zero-order chi connectivity index (χ0) is 9.38. The van der Waals surface area contributed by atoms with E-state index in [1.165, 1.54) is 18.5 Å². The lowest BCUT2D eigenvalue weighted by molar-refractivity contribution is 0.256. The van der Waals surface area contributed by atoms with Crippen LogP contribution in [-0.2, 0) is 6.54 Å². The zero-order valence-electron chi connectivity index (χ0n) is 8.26. The summed E-state index contributed by atoms with van der Waals surface area (Å²) in [5.74, 6) is 0.860. The molecule has 1 heteroatoms. The summed E-state index contributed by atoms with van der Waals surface area (Å²) in [6.45, 7) is 2.38. The summed E-state index contributed by atoms with van der Waals surface area (Å²) < 4.78 is 0. The molecule has 1 aliphatic heterocycles. The van der Waals surface area contributed by atoms with Crippen LogP contribution < -0.4 is 0 Å². The third kappa shape index (κ3) is 1.28. The third-order valence-electron chi connectivity index (χ3n) is 3.39. The molecule has 0 N–H and O–H groups in total. The maximum Gasteiger partial charge on any atom is 0.0345 e. The predicted molar refractivity (Wildman–Crippen MR) is 57.9 cm³/mol. The second-order valence-electron chi connectivity index (χ2n) is 4.28. The van der Waals surface area contributed by atoms with Crippen LogP contribution in [0.2, 0.25) is 0 Å².